The maximum absolute atomic E-state index is 11.8. The van der Waals surface area contributed by atoms with Gasteiger partial charge in [0.2, 0.25) is 26.0 Å². The molecule has 0 atom stereocenters. The molecule has 2 aromatic rings. The molecule has 2 rings (SSSR count). The molecule has 0 bridgehead atoms. The molecule has 1 amide bonds. The molecule has 0 aliphatic carbocycles. The minimum absolute atomic E-state index is 0.0626. The van der Waals surface area contributed by atoms with Gasteiger partial charge in [-0.2, -0.15) is 0 Å². The summed E-state index contributed by atoms with van der Waals surface area (Å²) in [6, 6.07) is 16.2. The van der Waals surface area contributed by atoms with Crippen molar-refractivity contribution in [1.82, 2.24) is 14.9 Å². The van der Waals surface area contributed by atoms with Crippen LogP contribution in [0.5, 0.6) is 0 Å². The monoisotopic (exact) mass is 777 g/mol. The first-order valence-corrected chi connectivity index (χ1v) is 19.6. The van der Waals surface area contributed by atoms with E-state index in [1.54, 1.807) is 36.4 Å². The van der Waals surface area contributed by atoms with E-state index in [4.69, 9.17) is 26.9 Å². The Morgan fingerprint density at radius 1 is 0.596 bits per heavy atom. The Morgan fingerprint density at radius 3 is 1.31 bits per heavy atom. The van der Waals surface area contributed by atoms with Crippen LogP contribution >= 0.6 is 0 Å². The van der Waals surface area contributed by atoms with Gasteiger partial charge in [0.25, 0.3) is 0 Å². The summed E-state index contributed by atoms with van der Waals surface area (Å²) in [5.41, 5.74) is 11.8. The van der Waals surface area contributed by atoms with Gasteiger partial charge in [-0.3, -0.25) is 24.4 Å². The number of nitrogens with two attached hydrogens (primary N) is 2. The summed E-state index contributed by atoms with van der Waals surface area (Å²) in [6.07, 6.45) is 6.23. The van der Waals surface area contributed by atoms with Crippen LogP contribution in [-0.2, 0) is 44.0 Å². The second kappa shape index (κ2) is 31.7. The summed E-state index contributed by atoms with van der Waals surface area (Å²) in [4.78, 5) is 41.6. The standard InChI is InChI=1S/C11H16N2O4S.C11H15NO4S.C6H13NO2.C5H11NO2/c14-11(13-15)8-4-5-9-12-18(16,17)10-6-2-1-3-7-10;13-11(14)8-4-5-9-12-17(15,16)10-6-2-1-3-7-10;1-9-6(8)4-2-3-5-7;6-4-2-1-3-5(7)8/h1-3,6-7,12,15H,4-5,8-9H2,(H,13,14);1-3,6-7,12H,4-5,8-9H2,(H,13,14);2-5,7H2,1H3;1-4,6H2,(H,7,8). The molecule has 0 spiro atoms. The van der Waals surface area contributed by atoms with Crippen molar-refractivity contribution < 1.29 is 56.2 Å². The van der Waals surface area contributed by atoms with Crippen molar-refractivity contribution in [3.8, 4) is 0 Å². The fourth-order valence-electron chi connectivity index (χ4n) is 3.58. The number of esters is 1. The van der Waals surface area contributed by atoms with Crippen LogP contribution in [0.1, 0.15) is 77.0 Å². The summed E-state index contributed by atoms with van der Waals surface area (Å²) in [6.45, 7) is 1.75. The van der Waals surface area contributed by atoms with Crippen LogP contribution in [-0.4, -0.2) is 89.4 Å². The molecule has 17 nitrogen and oxygen atoms in total. The highest BCUT2D eigenvalue weighted by atomic mass is 32.2. The van der Waals surface area contributed by atoms with E-state index in [-0.39, 0.29) is 48.1 Å². The minimum Gasteiger partial charge on any atom is -0.481 e. The lowest BCUT2D eigenvalue weighted by Crippen LogP contribution is -2.25. The maximum Gasteiger partial charge on any atom is 0.305 e. The quantitative estimate of drug-likeness (QED) is 0.0369. The molecule has 0 saturated carbocycles. The number of nitrogens with one attached hydrogen (secondary N) is 3. The normalized spacial score (nSPS) is 10.5. The number of hydrogen-bond donors (Lipinski definition) is 8. The van der Waals surface area contributed by atoms with Crippen molar-refractivity contribution in [3.05, 3.63) is 60.7 Å². The lowest BCUT2D eigenvalue weighted by molar-refractivity contribution is -0.141. The van der Waals surface area contributed by atoms with Gasteiger partial charge in [0.15, 0.2) is 0 Å². The van der Waals surface area contributed by atoms with Crippen LogP contribution in [0.25, 0.3) is 0 Å². The highest BCUT2D eigenvalue weighted by Gasteiger charge is 2.13. The van der Waals surface area contributed by atoms with Crippen LogP contribution in [0.15, 0.2) is 70.5 Å². The average Bonchev–Trinajstić information content (AvgIpc) is 3.12. The van der Waals surface area contributed by atoms with E-state index in [0.29, 0.717) is 51.6 Å². The molecule has 0 radical (unpaired) electrons. The van der Waals surface area contributed by atoms with Crippen LogP contribution in [0.3, 0.4) is 0 Å². The van der Waals surface area contributed by atoms with Gasteiger partial charge >= 0.3 is 17.9 Å². The van der Waals surface area contributed by atoms with E-state index in [9.17, 15) is 36.0 Å². The third-order valence-electron chi connectivity index (χ3n) is 6.37. The zero-order chi connectivity index (χ0) is 39.7. The molecule has 0 aromatic heterocycles. The van der Waals surface area contributed by atoms with E-state index in [0.717, 1.165) is 19.3 Å². The third-order valence-corrected chi connectivity index (χ3v) is 9.33. The van der Waals surface area contributed by atoms with E-state index in [1.165, 1.54) is 36.9 Å². The summed E-state index contributed by atoms with van der Waals surface area (Å²) in [5.74, 6) is -2.22. The number of benzene rings is 2. The lowest BCUT2D eigenvalue weighted by atomic mass is 10.2. The molecule has 0 fully saturated rings. The summed E-state index contributed by atoms with van der Waals surface area (Å²) >= 11 is 0. The molecule has 0 aliphatic heterocycles. The maximum atomic E-state index is 11.8. The average molecular weight is 778 g/mol. The van der Waals surface area contributed by atoms with Crippen molar-refractivity contribution in [3.63, 3.8) is 0 Å². The SMILES string of the molecule is COC(=O)CCCCN.NCCCCC(=O)O.O=C(CCCCNS(=O)(=O)c1ccccc1)NO.O=C(O)CCCCNS(=O)(=O)c1ccccc1. The van der Waals surface area contributed by atoms with Gasteiger partial charge in [-0.25, -0.2) is 31.8 Å². The number of hydrogen-bond acceptors (Lipinski definition) is 12. The van der Waals surface area contributed by atoms with Crippen LogP contribution in [0, 0.1) is 0 Å². The smallest absolute Gasteiger partial charge is 0.305 e. The Hall–Kier alpha value is -3.98. The number of carboxylic acid groups (broad SMARTS) is 2. The molecule has 0 saturated heterocycles. The molecular weight excluding hydrogens is 723 g/mol. The predicted molar refractivity (Wildman–Crippen MR) is 194 cm³/mol. The Kier molecular flexibility index (Phi) is 30.6. The molecule has 296 valence electrons. The Bertz CT molecular complexity index is 1460. The van der Waals surface area contributed by atoms with Crippen molar-refractivity contribution in [2.75, 3.05) is 33.3 Å². The van der Waals surface area contributed by atoms with Crippen molar-refractivity contribution in [1.29, 1.82) is 0 Å². The number of hydroxylamine groups is 1. The Morgan fingerprint density at radius 2 is 0.962 bits per heavy atom. The highest BCUT2D eigenvalue weighted by Crippen LogP contribution is 2.08. The van der Waals surface area contributed by atoms with Gasteiger partial charge in [0.05, 0.1) is 16.9 Å². The number of rotatable bonds is 22. The first-order chi connectivity index (χ1) is 24.7. The van der Waals surface area contributed by atoms with Gasteiger partial charge in [-0.05, 0) is 88.7 Å². The van der Waals surface area contributed by atoms with Gasteiger partial charge < -0.3 is 26.4 Å². The van der Waals surface area contributed by atoms with Gasteiger partial charge in [0, 0.05) is 38.8 Å². The molecule has 2 aromatic carbocycles. The number of carboxylic acids is 2. The summed E-state index contributed by atoms with van der Waals surface area (Å²) in [5, 5.41) is 24.8. The van der Waals surface area contributed by atoms with E-state index < -0.39 is 37.9 Å². The minimum atomic E-state index is -3.47. The zero-order valence-electron chi connectivity index (χ0n) is 29.6. The molecule has 0 heterocycles. The Labute approximate surface area is 306 Å². The number of ether oxygens (including phenoxy) is 1. The summed E-state index contributed by atoms with van der Waals surface area (Å²) in [7, 11) is -5.53. The molecular formula is C33H55N5O12S2. The van der Waals surface area contributed by atoms with Crippen LogP contribution in [0.4, 0.5) is 0 Å². The van der Waals surface area contributed by atoms with Gasteiger partial charge in [-0.1, -0.05) is 36.4 Å². The number of sulfonamides is 2. The molecule has 19 heteroatoms. The second-order valence-corrected chi connectivity index (χ2v) is 14.3. The number of aliphatic carboxylic acids is 2. The zero-order valence-corrected chi connectivity index (χ0v) is 31.2. The largest absolute Gasteiger partial charge is 0.481 e. The topological polar surface area (TPSA) is 295 Å². The van der Waals surface area contributed by atoms with Gasteiger partial charge in [0.1, 0.15) is 0 Å². The fourth-order valence-corrected chi connectivity index (χ4v) is 5.77. The van der Waals surface area contributed by atoms with Crippen molar-refractivity contribution >= 4 is 43.9 Å². The van der Waals surface area contributed by atoms with E-state index in [1.807, 2.05) is 0 Å². The number of carbonyl (C=O) groups excluding carboxylic acids is 2. The van der Waals surface area contributed by atoms with E-state index in [2.05, 4.69) is 14.2 Å². The molecule has 0 aliphatic rings. The van der Waals surface area contributed by atoms with Gasteiger partial charge in [-0.15, -0.1) is 0 Å². The highest BCUT2D eigenvalue weighted by molar-refractivity contribution is 7.89. The molecule has 10 N–H and O–H groups in total. The first-order valence-electron chi connectivity index (χ1n) is 16.6. The molecule has 0 unspecified atom stereocenters. The fraction of sp³-hybridized carbons (Fsp3) is 0.515. The Balaban J connectivity index is 0. The van der Waals surface area contributed by atoms with Crippen LogP contribution < -0.4 is 26.4 Å². The van der Waals surface area contributed by atoms with Crippen molar-refractivity contribution in [2.24, 2.45) is 11.5 Å². The number of amides is 1. The molecule has 52 heavy (non-hydrogen) atoms. The first kappa shape index (κ1) is 50.1. The van der Waals surface area contributed by atoms with Crippen LogP contribution in [0.2, 0.25) is 0 Å². The number of unbranched alkanes of at least 4 members (excludes halogenated alkanes) is 4. The van der Waals surface area contributed by atoms with Crippen molar-refractivity contribution in [2.45, 2.75) is 86.8 Å². The summed E-state index contributed by atoms with van der Waals surface area (Å²) < 4.78 is 56.2. The predicted octanol–water partition coefficient (Wildman–Crippen LogP) is 2.35. The van der Waals surface area contributed by atoms with E-state index >= 15 is 0 Å². The second-order valence-electron chi connectivity index (χ2n) is 10.7. The lowest BCUT2D eigenvalue weighted by Gasteiger charge is -2.06. The third kappa shape index (κ3) is 29.7. The number of carbonyl (C=O) groups is 4. The number of methoxy groups -OCH3 is 1.